The monoisotopic (exact) mass is 383 g/mol. The molecule has 26 heavy (non-hydrogen) atoms. The first-order chi connectivity index (χ1) is 12.2. The molecule has 1 aromatic rings. The van der Waals surface area contributed by atoms with Crippen LogP contribution in [0.5, 0.6) is 5.75 Å². The number of rotatable bonds is 6. The molecule has 3 N–H and O–H groups in total. The summed E-state index contributed by atoms with van der Waals surface area (Å²) in [5.74, 6) is 0.100. The second-order valence-electron chi connectivity index (χ2n) is 6.66. The van der Waals surface area contributed by atoms with Crippen LogP contribution < -0.4 is 20.7 Å². The van der Waals surface area contributed by atoms with Crippen LogP contribution in [0.3, 0.4) is 0 Å². The highest BCUT2D eigenvalue weighted by Gasteiger charge is 2.30. The maximum Gasteiger partial charge on any atom is 0.315 e. The highest BCUT2D eigenvalue weighted by Crippen LogP contribution is 2.17. The van der Waals surface area contributed by atoms with Gasteiger partial charge in [0.25, 0.3) is 0 Å². The molecule has 0 aromatic heterocycles. The van der Waals surface area contributed by atoms with E-state index in [9.17, 15) is 18.0 Å². The van der Waals surface area contributed by atoms with Crippen molar-refractivity contribution in [3.8, 4) is 5.75 Å². The van der Waals surface area contributed by atoms with Gasteiger partial charge in [-0.15, -0.1) is 0 Å². The predicted molar refractivity (Wildman–Crippen MR) is 99.0 cm³/mol. The molecule has 0 bridgehead atoms. The molecule has 1 heterocycles. The number of hydrogen-bond acceptors (Lipinski definition) is 5. The van der Waals surface area contributed by atoms with Crippen LogP contribution in [-0.4, -0.2) is 51.1 Å². The van der Waals surface area contributed by atoms with E-state index in [0.29, 0.717) is 17.9 Å². The zero-order chi connectivity index (χ0) is 19.3. The van der Waals surface area contributed by atoms with Crippen LogP contribution in [0.4, 0.5) is 10.5 Å². The van der Waals surface area contributed by atoms with Crippen LogP contribution in [-0.2, 0) is 14.6 Å². The number of urea groups is 1. The smallest absolute Gasteiger partial charge is 0.315 e. The lowest BCUT2D eigenvalue weighted by atomic mass is 10.0. The van der Waals surface area contributed by atoms with Crippen LogP contribution in [0.25, 0.3) is 0 Å². The first kappa shape index (κ1) is 20.0. The zero-order valence-electron chi connectivity index (χ0n) is 15.1. The van der Waals surface area contributed by atoms with E-state index in [0.717, 1.165) is 0 Å². The third kappa shape index (κ3) is 5.62. The van der Waals surface area contributed by atoms with Gasteiger partial charge in [0, 0.05) is 17.8 Å². The Bertz CT molecular complexity index is 763. The largest absolute Gasteiger partial charge is 0.497 e. The van der Waals surface area contributed by atoms with Crippen molar-refractivity contribution in [2.75, 3.05) is 23.9 Å². The summed E-state index contributed by atoms with van der Waals surface area (Å²) in [4.78, 5) is 24.7. The minimum absolute atomic E-state index is 0.0667. The fourth-order valence-electron chi connectivity index (χ4n) is 2.73. The summed E-state index contributed by atoms with van der Waals surface area (Å²) in [7, 11) is -1.55. The van der Waals surface area contributed by atoms with Crippen molar-refractivity contribution in [3.63, 3.8) is 0 Å². The van der Waals surface area contributed by atoms with Crippen molar-refractivity contribution in [3.05, 3.63) is 24.3 Å². The van der Waals surface area contributed by atoms with Crippen molar-refractivity contribution in [2.45, 2.75) is 32.4 Å². The molecule has 1 aliphatic heterocycles. The van der Waals surface area contributed by atoms with Gasteiger partial charge in [0.15, 0.2) is 9.84 Å². The summed E-state index contributed by atoms with van der Waals surface area (Å²) in [6.07, 6.45) is 0.387. The summed E-state index contributed by atoms with van der Waals surface area (Å²) in [5.41, 5.74) is 0.559. The lowest BCUT2D eigenvalue weighted by molar-refractivity contribution is -0.118. The van der Waals surface area contributed by atoms with E-state index in [1.54, 1.807) is 24.3 Å². The van der Waals surface area contributed by atoms with E-state index in [1.807, 2.05) is 13.8 Å². The van der Waals surface area contributed by atoms with Crippen LogP contribution in [0.1, 0.15) is 20.3 Å². The Balaban J connectivity index is 1.96. The minimum atomic E-state index is -3.08. The molecule has 3 amide bonds. The second kappa shape index (κ2) is 8.39. The summed E-state index contributed by atoms with van der Waals surface area (Å²) in [6.45, 7) is 3.63. The Morgan fingerprint density at radius 1 is 1.27 bits per heavy atom. The van der Waals surface area contributed by atoms with Gasteiger partial charge in [0.05, 0.1) is 18.6 Å². The maximum absolute atomic E-state index is 12.5. The summed E-state index contributed by atoms with van der Waals surface area (Å²) < 4.78 is 28.1. The van der Waals surface area contributed by atoms with Crippen molar-refractivity contribution in [1.29, 1.82) is 0 Å². The topological polar surface area (TPSA) is 114 Å². The van der Waals surface area contributed by atoms with Crippen molar-refractivity contribution < 1.29 is 22.7 Å². The SMILES string of the molecule is COc1cccc(NC(=O)[C@H](NC(=O)NC2CCS(=O)(=O)C2)C(C)C)c1. The van der Waals surface area contributed by atoms with E-state index in [1.165, 1.54) is 7.11 Å². The van der Waals surface area contributed by atoms with Crippen LogP contribution in [0.2, 0.25) is 0 Å². The standard InChI is InChI=1S/C17H25N3O5S/c1-11(2)15(16(21)18-12-5-4-6-14(9-12)25-3)20-17(22)19-13-7-8-26(23,24)10-13/h4-6,9,11,13,15H,7-8,10H2,1-3H3,(H,18,21)(H2,19,20,22)/t13?,15-/m1/s1. The molecule has 2 atom stereocenters. The Hall–Kier alpha value is -2.29. The molecule has 9 heteroatoms. The Morgan fingerprint density at radius 2 is 2.00 bits per heavy atom. The van der Waals surface area contributed by atoms with Gasteiger partial charge in [-0.25, -0.2) is 13.2 Å². The highest BCUT2D eigenvalue weighted by molar-refractivity contribution is 7.91. The average Bonchev–Trinajstić information content (AvgIpc) is 2.90. The highest BCUT2D eigenvalue weighted by atomic mass is 32.2. The van der Waals surface area contributed by atoms with Crippen molar-refractivity contribution in [1.82, 2.24) is 10.6 Å². The minimum Gasteiger partial charge on any atom is -0.497 e. The fraction of sp³-hybridized carbons (Fsp3) is 0.529. The molecule has 0 spiro atoms. The fourth-order valence-corrected chi connectivity index (χ4v) is 4.41. The average molecular weight is 383 g/mol. The van der Waals surface area contributed by atoms with Gasteiger partial charge >= 0.3 is 6.03 Å². The maximum atomic E-state index is 12.5. The molecule has 0 radical (unpaired) electrons. The molecule has 1 fully saturated rings. The van der Waals surface area contributed by atoms with Gasteiger partial charge in [0.2, 0.25) is 5.91 Å². The molecule has 0 saturated carbocycles. The van der Waals surface area contributed by atoms with E-state index in [2.05, 4.69) is 16.0 Å². The molecule has 1 aliphatic rings. The number of anilines is 1. The van der Waals surface area contributed by atoms with E-state index < -0.39 is 28.0 Å². The predicted octanol–water partition coefficient (Wildman–Crippen LogP) is 1.14. The quantitative estimate of drug-likeness (QED) is 0.682. The Labute approximate surface area is 153 Å². The van der Waals surface area contributed by atoms with Gasteiger partial charge < -0.3 is 20.7 Å². The Kier molecular flexibility index (Phi) is 6.47. The number of hydrogen-bond donors (Lipinski definition) is 3. The lowest BCUT2D eigenvalue weighted by Crippen LogP contribution is -2.52. The number of amides is 3. The number of carbonyl (C=O) groups is 2. The number of sulfone groups is 1. The van der Waals surface area contributed by atoms with Crippen LogP contribution in [0.15, 0.2) is 24.3 Å². The second-order valence-corrected chi connectivity index (χ2v) is 8.89. The summed E-state index contributed by atoms with van der Waals surface area (Å²) in [5, 5.41) is 8.01. The zero-order valence-corrected chi connectivity index (χ0v) is 15.9. The normalized spacial score (nSPS) is 19.6. The number of benzene rings is 1. The third-order valence-electron chi connectivity index (χ3n) is 4.14. The van der Waals surface area contributed by atoms with Gasteiger partial charge in [-0.3, -0.25) is 4.79 Å². The molecule has 1 unspecified atom stereocenters. The lowest BCUT2D eigenvalue weighted by Gasteiger charge is -2.23. The van der Waals surface area contributed by atoms with Gasteiger partial charge in [-0.1, -0.05) is 19.9 Å². The number of methoxy groups -OCH3 is 1. The van der Waals surface area contributed by atoms with E-state index in [4.69, 9.17) is 4.74 Å². The van der Waals surface area contributed by atoms with Crippen molar-refractivity contribution >= 4 is 27.5 Å². The Morgan fingerprint density at radius 3 is 2.58 bits per heavy atom. The molecule has 2 rings (SSSR count). The number of nitrogens with one attached hydrogen (secondary N) is 3. The molecule has 1 aromatic carbocycles. The third-order valence-corrected chi connectivity index (χ3v) is 5.91. The molecule has 144 valence electrons. The van der Waals surface area contributed by atoms with E-state index >= 15 is 0 Å². The molecule has 8 nitrogen and oxygen atoms in total. The molecule has 1 saturated heterocycles. The number of carbonyl (C=O) groups excluding carboxylic acids is 2. The van der Waals surface area contributed by atoms with Crippen molar-refractivity contribution in [2.24, 2.45) is 5.92 Å². The first-order valence-electron chi connectivity index (χ1n) is 8.42. The molecular weight excluding hydrogens is 358 g/mol. The summed E-state index contributed by atoms with van der Waals surface area (Å²) in [6, 6.07) is 5.18. The molecular formula is C17H25N3O5S. The van der Waals surface area contributed by atoms with Gasteiger partial charge in [-0.2, -0.15) is 0 Å². The number of ether oxygens (including phenoxy) is 1. The van der Waals surface area contributed by atoms with Crippen LogP contribution >= 0.6 is 0 Å². The molecule has 0 aliphatic carbocycles. The first-order valence-corrected chi connectivity index (χ1v) is 10.2. The summed E-state index contributed by atoms with van der Waals surface area (Å²) >= 11 is 0. The van der Waals surface area contributed by atoms with E-state index in [-0.39, 0.29) is 23.3 Å². The van der Waals surface area contributed by atoms with Crippen LogP contribution in [0, 0.1) is 5.92 Å². The van der Waals surface area contributed by atoms with Gasteiger partial charge in [-0.05, 0) is 24.5 Å². The van der Waals surface area contributed by atoms with Gasteiger partial charge in [0.1, 0.15) is 11.8 Å².